The van der Waals surface area contributed by atoms with E-state index in [9.17, 15) is 4.79 Å². The average Bonchev–Trinajstić information content (AvgIpc) is 2.92. The van der Waals surface area contributed by atoms with Gasteiger partial charge in [-0.05, 0) is 49.3 Å². The molecule has 2 bridgehead atoms. The zero-order valence-corrected chi connectivity index (χ0v) is 15.1. The summed E-state index contributed by atoms with van der Waals surface area (Å²) < 4.78 is 5.21. The van der Waals surface area contributed by atoms with E-state index in [1.807, 2.05) is 12.1 Å². The van der Waals surface area contributed by atoms with Crippen LogP contribution in [0, 0.1) is 5.92 Å². The van der Waals surface area contributed by atoms with Gasteiger partial charge in [-0.3, -0.25) is 4.79 Å². The van der Waals surface area contributed by atoms with Gasteiger partial charge in [0.1, 0.15) is 5.75 Å². The number of nitrogens with one attached hydrogen (secondary N) is 2. The molecule has 1 aromatic carbocycles. The molecule has 0 saturated carbocycles. The molecule has 2 fully saturated rings. The van der Waals surface area contributed by atoms with Crippen LogP contribution in [-0.4, -0.2) is 31.6 Å². The Bertz CT molecular complexity index is 556. The van der Waals surface area contributed by atoms with Crippen LogP contribution in [0.25, 0.3) is 0 Å². The third kappa shape index (κ3) is 4.10. The van der Waals surface area contributed by atoms with Crippen molar-refractivity contribution in [1.29, 1.82) is 0 Å². The van der Waals surface area contributed by atoms with Gasteiger partial charge in [0.05, 0.1) is 7.11 Å². The highest BCUT2D eigenvalue weighted by Crippen LogP contribution is 2.32. The second kappa shape index (κ2) is 7.14. The van der Waals surface area contributed by atoms with E-state index in [0.717, 1.165) is 18.6 Å². The van der Waals surface area contributed by atoms with Gasteiger partial charge in [-0.15, -0.1) is 0 Å². The van der Waals surface area contributed by atoms with Crippen LogP contribution in [0.2, 0.25) is 0 Å². The third-order valence-electron chi connectivity index (χ3n) is 5.64. The summed E-state index contributed by atoms with van der Waals surface area (Å²) in [6, 6.07) is 9.41. The van der Waals surface area contributed by atoms with Gasteiger partial charge >= 0.3 is 0 Å². The maximum atomic E-state index is 12.4. The molecule has 0 radical (unpaired) electrons. The van der Waals surface area contributed by atoms with Crippen molar-refractivity contribution in [3.8, 4) is 5.75 Å². The number of amides is 1. The molecular formula is C20H30N2O2. The number of hydrogen-bond acceptors (Lipinski definition) is 3. The molecule has 1 aromatic rings. The molecule has 2 aliphatic rings. The van der Waals surface area contributed by atoms with E-state index in [2.05, 4.69) is 36.6 Å². The van der Waals surface area contributed by atoms with Crippen LogP contribution in [-0.2, 0) is 10.2 Å². The number of hydrogen-bond donors (Lipinski definition) is 2. The monoisotopic (exact) mass is 330 g/mol. The predicted octanol–water partition coefficient (Wildman–Crippen LogP) is 3.01. The first-order valence-electron chi connectivity index (χ1n) is 9.13. The van der Waals surface area contributed by atoms with Crippen molar-refractivity contribution in [2.75, 3.05) is 13.7 Å². The minimum absolute atomic E-state index is 0.0882. The van der Waals surface area contributed by atoms with Crippen molar-refractivity contribution in [2.45, 2.75) is 63.5 Å². The Balaban J connectivity index is 1.49. The van der Waals surface area contributed by atoms with Crippen LogP contribution < -0.4 is 15.4 Å². The van der Waals surface area contributed by atoms with E-state index in [-0.39, 0.29) is 11.3 Å². The van der Waals surface area contributed by atoms with Crippen molar-refractivity contribution in [1.82, 2.24) is 10.6 Å². The van der Waals surface area contributed by atoms with Crippen molar-refractivity contribution in [3.63, 3.8) is 0 Å². The summed E-state index contributed by atoms with van der Waals surface area (Å²) in [5, 5.41) is 6.80. The van der Waals surface area contributed by atoms with Crippen LogP contribution in [0.3, 0.4) is 0 Å². The zero-order chi connectivity index (χ0) is 17.2. The number of fused-ring (bicyclic) bond motifs is 2. The Kier molecular flexibility index (Phi) is 5.14. The van der Waals surface area contributed by atoms with Gasteiger partial charge in [0.2, 0.25) is 5.91 Å². The molecule has 2 atom stereocenters. The van der Waals surface area contributed by atoms with Crippen LogP contribution in [0.15, 0.2) is 24.3 Å². The molecule has 2 saturated heterocycles. The van der Waals surface area contributed by atoms with Crippen molar-refractivity contribution in [3.05, 3.63) is 29.8 Å². The summed E-state index contributed by atoms with van der Waals surface area (Å²) >= 11 is 0. The first kappa shape index (κ1) is 17.3. The van der Waals surface area contributed by atoms with Gasteiger partial charge in [0.15, 0.2) is 0 Å². The molecule has 0 aromatic heterocycles. The van der Waals surface area contributed by atoms with E-state index < -0.39 is 0 Å². The lowest BCUT2D eigenvalue weighted by Crippen LogP contribution is -2.41. The topological polar surface area (TPSA) is 50.4 Å². The van der Waals surface area contributed by atoms with Gasteiger partial charge in [0, 0.05) is 30.5 Å². The Morgan fingerprint density at radius 2 is 1.83 bits per heavy atom. The van der Waals surface area contributed by atoms with Gasteiger partial charge < -0.3 is 15.4 Å². The van der Waals surface area contributed by atoms with E-state index in [0.29, 0.717) is 31.0 Å². The Morgan fingerprint density at radius 3 is 2.42 bits per heavy atom. The molecule has 24 heavy (non-hydrogen) atoms. The summed E-state index contributed by atoms with van der Waals surface area (Å²) in [4.78, 5) is 12.4. The normalized spacial score (nSPS) is 26.2. The van der Waals surface area contributed by atoms with Gasteiger partial charge in [-0.2, -0.15) is 0 Å². The number of carbonyl (C=O) groups excluding carboxylic acids is 1. The number of carbonyl (C=O) groups is 1. The largest absolute Gasteiger partial charge is 0.497 e. The van der Waals surface area contributed by atoms with Crippen molar-refractivity contribution >= 4 is 5.91 Å². The van der Waals surface area contributed by atoms with Crippen LogP contribution >= 0.6 is 0 Å². The van der Waals surface area contributed by atoms with Crippen LogP contribution in [0.5, 0.6) is 5.75 Å². The molecule has 0 aliphatic carbocycles. The van der Waals surface area contributed by atoms with E-state index in [1.165, 1.54) is 18.4 Å². The van der Waals surface area contributed by atoms with Gasteiger partial charge in [-0.1, -0.05) is 26.0 Å². The van der Waals surface area contributed by atoms with Gasteiger partial charge in [-0.25, -0.2) is 0 Å². The number of ether oxygens (including phenoxy) is 1. The lowest BCUT2D eigenvalue weighted by Gasteiger charge is -2.30. The molecule has 4 heteroatoms. The summed E-state index contributed by atoms with van der Waals surface area (Å²) in [6.07, 6.45) is 5.56. The van der Waals surface area contributed by atoms with Crippen LogP contribution in [0.4, 0.5) is 0 Å². The highest BCUT2D eigenvalue weighted by molar-refractivity contribution is 5.76. The predicted molar refractivity (Wildman–Crippen MR) is 96.3 cm³/mol. The highest BCUT2D eigenvalue weighted by Gasteiger charge is 2.34. The van der Waals surface area contributed by atoms with E-state index >= 15 is 0 Å². The summed E-state index contributed by atoms with van der Waals surface area (Å²) in [5.41, 5.74) is 1.12. The summed E-state index contributed by atoms with van der Waals surface area (Å²) in [7, 11) is 1.67. The molecule has 4 nitrogen and oxygen atoms in total. The third-order valence-corrected chi connectivity index (χ3v) is 5.64. The standard InChI is InChI=1S/C20H30N2O2/c1-20(2,15-4-8-18(24-3)9-5-15)13-21-19(23)12-14-10-16-6-7-17(11-14)22-16/h4-5,8-9,14,16-17,22H,6-7,10-13H2,1-3H3,(H,21,23). The molecule has 3 rings (SSSR count). The quantitative estimate of drug-likeness (QED) is 0.843. The molecule has 1 amide bonds. The first-order chi connectivity index (χ1) is 11.5. The number of piperidine rings is 1. The number of benzene rings is 1. The number of rotatable bonds is 6. The van der Waals surface area contributed by atoms with Crippen molar-refractivity contribution < 1.29 is 9.53 Å². The fraction of sp³-hybridized carbons (Fsp3) is 0.650. The molecule has 132 valence electrons. The molecular weight excluding hydrogens is 300 g/mol. The zero-order valence-electron chi connectivity index (χ0n) is 15.1. The maximum absolute atomic E-state index is 12.4. The molecule has 2 aliphatic heterocycles. The highest BCUT2D eigenvalue weighted by atomic mass is 16.5. The van der Waals surface area contributed by atoms with Crippen molar-refractivity contribution in [2.24, 2.45) is 5.92 Å². The second-order valence-electron chi connectivity index (χ2n) is 8.07. The minimum Gasteiger partial charge on any atom is -0.497 e. The Labute approximate surface area is 145 Å². The average molecular weight is 330 g/mol. The Morgan fingerprint density at radius 1 is 1.21 bits per heavy atom. The summed E-state index contributed by atoms with van der Waals surface area (Å²) in [6.45, 7) is 5.00. The second-order valence-corrected chi connectivity index (χ2v) is 8.07. The van der Waals surface area contributed by atoms with E-state index in [4.69, 9.17) is 4.74 Å². The minimum atomic E-state index is -0.0882. The molecule has 2 heterocycles. The SMILES string of the molecule is COc1ccc(C(C)(C)CNC(=O)CC2CC3CCC(C2)N3)cc1. The van der Waals surface area contributed by atoms with E-state index in [1.54, 1.807) is 7.11 Å². The van der Waals surface area contributed by atoms with Crippen LogP contribution in [0.1, 0.15) is 51.5 Å². The smallest absolute Gasteiger partial charge is 0.220 e. The maximum Gasteiger partial charge on any atom is 0.220 e. The lowest BCUT2D eigenvalue weighted by atomic mass is 9.84. The first-order valence-corrected chi connectivity index (χ1v) is 9.13. The Hall–Kier alpha value is -1.55. The molecule has 0 spiro atoms. The molecule has 2 N–H and O–H groups in total. The summed E-state index contributed by atoms with van der Waals surface area (Å²) in [5.74, 6) is 1.61. The molecule has 2 unspecified atom stereocenters. The number of methoxy groups -OCH3 is 1. The fourth-order valence-electron chi connectivity index (χ4n) is 4.14. The lowest BCUT2D eigenvalue weighted by molar-refractivity contribution is -0.122. The van der Waals surface area contributed by atoms with Gasteiger partial charge in [0.25, 0.3) is 0 Å². The fourth-order valence-corrected chi connectivity index (χ4v) is 4.14.